The van der Waals surface area contributed by atoms with Gasteiger partial charge in [0.25, 0.3) is 0 Å². The van der Waals surface area contributed by atoms with E-state index < -0.39 is 0 Å². The number of benzene rings is 1. The van der Waals surface area contributed by atoms with Crippen LogP contribution in [-0.2, 0) is 6.54 Å². The van der Waals surface area contributed by atoms with Gasteiger partial charge in [-0.25, -0.2) is 4.98 Å². The second-order valence-corrected chi connectivity index (χ2v) is 4.90. The number of hydrogen-bond donors (Lipinski definition) is 3. The van der Waals surface area contributed by atoms with Crippen molar-refractivity contribution in [3.8, 4) is 5.75 Å². The predicted octanol–water partition coefficient (Wildman–Crippen LogP) is 2.89. The van der Waals surface area contributed by atoms with Crippen LogP contribution >= 0.6 is 0 Å². The maximum atomic E-state index is 9.27. The molecule has 0 unspecified atom stereocenters. The van der Waals surface area contributed by atoms with Gasteiger partial charge in [-0.3, -0.25) is 5.10 Å². The number of phenols is 1. The molecule has 0 aliphatic rings. The van der Waals surface area contributed by atoms with Crippen LogP contribution in [0.25, 0.3) is 11.0 Å². The first-order chi connectivity index (χ1) is 9.63. The molecule has 0 fully saturated rings. The van der Waals surface area contributed by atoms with E-state index >= 15 is 0 Å². The number of phenolic OH excluding ortho intramolecular Hbond substituents is 1. The van der Waals surface area contributed by atoms with E-state index in [1.54, 1.807) is 12.1 Å². The number of nitrogens with one attached hydrogen (secondary N) is 2. The summed E-state index contributed by atoms with van der Waals surface area (Å²) in [6, 6.07) is 9.16. The van der Waals surface area contributed by atoms with E-state index in [4.69, 9.17) is 0 Å². The summed E-state index contributed by atoms with van der Waals surface area (Å²) in [5, 5.41) is 20.8. The molecule has 5 nitrogen and oxygen atoms in total. The number of hydrogen-bond acceptors (Lipinski definition) is 4. The topological polar surface area (TPSA) is 73.8 Å². The molecule has 0 atom stereocenters. The van der Waals surface area contributed by atoms with Crippen LogP contribution in [0.2, 0.25) is 0 Å². The molecule has 0 bridgehead atoms. The van der Waals surface area contributed by atoms with Crippen LogP contribution in [0.1, 0.15) is 16.8 Å². The van der Waals surface area contributed by atoms with Crippen LogP contribution in [0.3, 0.4) is 0 Å². The first-order valence-corrected chi connectivity index (χ1v) is 6.47. The number of aromatic hydroxyl groups is 1. The molecule has 2 heterocycles. The van der Waals surface area contributed by atoms with E-state index in [1.165, 1.54) is 0 Å². The third-order valence-corrected chi connectivity index (χ3v) is 3.25. The van der Waals surface area contributed by atoms with Crippen molar-refractivity contribution in [1.82, 2.24) is 15.2 Å². The molecule has 1 aromatic carbocycles. The minimum absolute atomic E-state index is 0.273. The number of pyridine rings is 1. The van der Waals surface area contributed by atoms with E-state index in [0.717, 1.165) is 33.7 Å². The monoisotopic (exact) mass is 268 g/mol. The quantitative estimate of drug-likeness (QED) is 0.683. The molecule has 102 valence electrons. The van der Waals surface area contributed by atoms with Crippen molar-refractivity contribution in [3.05, 3.63) is 47.2 Å². The fourth-order valence-corrected chi connectivity index (χ4v) is 2.31. The molecule has 0 amide bonds. The number of aryl methyl sites for hydroxylation is 2. The summed E-state index contributed by atoms with van der Waals surface area (Å²) in [6.45, 7) is 4.67. The van der Waals surface area contributed by atoms with Gasteiger partial charge in [0.05, 0.1) is 5.39 Å². The van der Waals surface area contributed by atoms with Crippen molar-refractivity contribution in [1.29, 1.82) is 0 Å². The number of fused-ring (bicyclic) bond motifs is 1. The smallest absolute Gasteiger partial charge is 0.157 e. The van der Waals surface area contributed by atoms with E-state index in [2.05, 4.69) is 27.4 Å². The number of rotatable bonds is 3. The molecule has 3 N–H and O–H groups in total. The first-order valence-electron chi connectivity index (χ1n) is 6.47. The van der Waals surface area contributed by atoms with Gasteiger partial charge in [0.2, 0.25) is 0 Å². The highest BCUT2D eigenvalue weighted by atomic mass is 16.3. The van der Waals surface area contributed by atoms with Crippen molar-refractivity contribution in [2.45, 2.75) is 20.4 Å². The summed E-state index contributed by atoms with van der Waals surface area (Å²) in [6.07, 6.45) is 0. The highest BCUT2D eigenvalue weighted by molar-refractivity contribution is 5.90. The summed E-state index contributed by atoms with van der Waals surface area (Å²) >= 11 is 0. The zero-order valence-electron chi connectivity index (χ0n) is 11.4. The van der Waals surface area contributed by atoms with Gasteiger partial charge in [0.1, 0.15) is 5.75 Å². The lowest BCUT2D eigenvalue weighted by Gasteiger charge is -2.05. The zero-order valence-corrected chi connectivity index (χ0v) is 11.4. The zero-order chi connectivity index (χ0) is 14.1. The number of anilines is 1. The Kier molecular flexibility index (Phi) is 3.02. The summed E-state index contributed by atoms with van der Waals surface area (Å²) in [5.41, 5.74) is 4.01. The van der Waals surface area contributed by atoms with Crippen molar-refractivity contribution >= 4 is 16.9 Å². The fraction of sp³-hybridized carbons (Fsp3) is 0.200. The van der Waals surface area contributed by atoms with E-state index in [1.807, 2.05) is 25.1 Å². The molecule has 3 rings (SSSR count). The maximum absolute atomic E-state index is 9.27. The molecule has 0 spiro atoms. The Morgan fingerprint density at radius 2 is 1.95 bits per heavy atom. The molecule has 0 radical (unpaired) electrons. The third kappa shape index (κ3) is 2.30. The SMILES string of the molecule is Cc1cc(C)c2c(NCc3ccc(O)cc3)n[nH]c2n1. The van der Waals surface area contributed by atoms with E-state index in [0.29, 0.717) is 6.54 Å². The standard InChI is InChI=1S/C15H16N4O/c1-9-7-10(2)17-15-13(9)14(18-19-15)16-8-11-3-5-12(20)6-4-11/h3-7,20H,8H2,1-2H3,(H2,16,17,18,19). The van der Waals surface area contributed by atoms with Crippen LogP contribution < -0.4 is 5.32 Å². The Morgan fingerprint density at radius 3 is 2.70 bits per heavy atom. The molecule has 3 aromatic rings. The van der Waals surface area contributed by atoms with Gasteiger partial charge in [-0.1, -0.05) is 12.1 Å². The van der Waals surface area contributed by atoms with E-state index in [9.17, 15) is 5.11 Å². The molecule has 0 aliphatic carbocycles. The van der Waals surface area contributed by atoms with Crippen molar-refractivity contribution in [2.75, 3.05) is 5.32 Å². The Hall–Kier alpha value is -2.56. The largest absolute Gasteiger partial charge is 0.508 e. The van der Waals surface area contributed by atoms with Gasteiger partial charge in [-0.15, -0.1) is 0 Å². The average molecular weight is 268 g/mol. The molecule has 20 heavy (non-hydrogen) atoms. The van der Waals surface area contributed by atoms with Crippen LogP contribution in [0, 0.1) is 13.8 Å². The summed E-state index contributed by atoms with van der Waals surface area (Å²) < 4.78 is 0. The minimum Gasteiger partial charge on any atom is -0.508 e. The molecule has 5 heteroatoms. The lowest BCUT2D eigenvalue weighted by molar-refractivity contribution is 0.475. The lowest BCUT2D eigenvalue weighted by Crippen LogP contribution is -2.00. The highest BCUT2D eigenvalue weighted by Gasteiger charge is 2.09. The minimum atomic E-state index is 0.273. The van der Waals surface area contributed by atoms with Gasteiger partial charge < -0.3 is 10.4 Å². The molecule has 0 saturated carbocycles. The normalized spacial score (nSPS) is 10.9. The molecule has 2 aromatic heterocycles. The van der Waals surface area contributed by atoms with Crippen molar-refractivity contribution < 1.29 is 5.11 Å². The van der Waals surface area contributed by atoms with Gasteiger partial charge in [-0.2, -0.15) is 5.10 Å². The Bertz CT molecular complexity index is 746. The molecular weight excluding hydrogens is 252 g/mol. The number of nitrogens with zero attached hydrogens (tertiary/aromatic N) is 2. The fourth-order valence-electron chi connectivity index (χ4n) is 2.31. The summed E-state index contributed by atoms with van der Waals surface area (Å²) in [4.78, 5) is 4.43. The maximum Gasteiger partial charge on any atom is 0.157 e. The van der Waals surface area contributed by atoms with Crippen molar-refractivity contribution in [3.63, 3.8) is 0 Å². The Morgan fingerprint density at radius 1 is 1.20 bits per heavy atom. The van der Waals surface area contributed by atoms with Crippen LogP contribution in [-0.4, -0.2) is 20.3 Å². The van der Waals surface area contributed by atoms with Crippen molar-refractivity contribution in [2.24, 2.45) is 0 Å². The van der Waals surface area contributed by atoms with Crippen LogP contribution in [0.5, 0.6) is 5.75 Å². The summed E-state index contributed by atoms with van der Waals surface area (Å²) in [7, 11) is 0. The van der Waals surface area contributed by atoms with Crippen LogP contribution in [0.4, 0.5) is 5.82 Å². The summed E-state index contributed by atoms with van der Waals surface area (Å²) in [5.74, 6) is 1.08. The van der Waals surface area contributed by atoms with Gasteiger partial charge in [-0.05, 0) is 43.2 Å². The van der Waals surface area contributed by atoms with Gasteiger partial charge in [0, 0.05) is 12.2 Å². The van der Waals surface area contributed by atoms with Crippen LogP contribution in [0.15, 0.2) is 30.3 Å². The number of aromatic amines is 1. The Labute approximate surface area is 116 Å². The second kappa shape index (κ2) is 4.85. The highest BCUT2D eigenvalue weighted by Crippen LogP contribution is 2.24. The average Bonchev–Trinajstić information content (AvgIpc) is 2.81. The molecule has 0 aliphatic heterocycles. The Balaban J connectivity index is 1.86. The lowest BCUT2D eigenvalue weighted by atomic mass is 10.1. The molecule has 0 saturated heterocycles. The first kappa shape index (κ1) is 12.5. The number of aromatic nitrogens is 3. The van der Waals surface area contributed by atoms with Gasteiger partial charge in [0.15, 0.2) is 11.5 Å². The van der Waals surface area contributed by atoms with Gasteiger partial charge >= 0.3 is 0 Å². The van der Waals surface area contributed by atoms with E-state index in [-0.39, 0.29) is 5.75 Å². The third-order valence-electron chi connectivity index (χ3n) is 3.25. The number of H-pyrrole nitrogens is 1. The molecular formula is C15H16N4O. The second-order valence-electron chi connectivity index (χ2n) is 4.90. The predicted molar refractivity (Wildman–Crippen MR) is 78.8 cm³/mol.